The molecule has 0 aliphatic heterocycles. The first kappa shape index (κ1) is 37.0. The van der Waals surface area contributed by atoms with Gasteiger partial charge in [0.2, 0.25) is 0 Å². The van der Waals surface area contributed by atoms with Crippen LogP contribution in [-0.4, -0.2) is 60.0 Å². The third kappa shape index (κ3) is 14.8. The molecular weight excluding hydrogens is 585 g/mol. The first-order valence-electron chi connectivity index (χ1n) is 13.7. The number of carbonyl (C=O) groups excluding carboxylic acids is 1. The van der Waals surface area contributed by atoms with Gasteiger partial charge in [0.1, 0.15) is 16.4 Å². The summed E-state index contributed by atoms with van der Waals surface area (Å²) in [5.41, 5.74) is 4.68. The number of carbonyl (C=O) groups is 1. The summed E-state index contributed by atoms with van der Waals surface area (Å²) < 4.78 is 29.3. The molecule has 0 saturated heterocycles. The van der Waals surface area contributed by atoms with E-state index in [2.05, 4.69) is 71.1 Å². The van der Waals surface area contributed by atoms with Gasteiger partial charge in [0.05, 0.1) is 36.4 Å². The van der Waals surface area contributed by atoms with E-state index >= 15 is 0 Å². The van der Waals surface area contributed by atoms with E-state index in [0.717, 1.165) is 19.3 Å². The molecule has 4 atom stereocenters. The van der Waals surface area contributed by atoms with Crippen LogP contribution in [0.15, 0.2) is 0 Å². The summed E-state index contributed by atoms with van der Waals surface area (Å²) >= 11 is 2.42. The van der Waals surface area contributed by atoms with Gasteiger partial charge in [-0.25, -0.2) is 0 Å². The maximum absolute atomic E-state index is 11.9. The van der Waals surface area contributed by atoms with Crippen LogP contribution < -0.4 is 5.73 Å². The van der Waals surface area contributed by atoms with E-state index in [1.165, 1.54) is 0 Å². The minimum Gasteiger partial charge on any atom is -0.463 e. The van der Waals surface area contributed by atoms with Gasteiger partial charge in [0.15, 0.2) is 0 Å². The Labute approximate surface area is 241 Å². The SMILES string of the molecule is CC(N)OCCC(C)(C)C(C)OC(C)CC(C)(C)C(C)(I)OCCC(C)(C)OCCOC(=O)C(C)(C)C. The molecule has 2 N–H and O–H groups in total. The molecule has 0 fully saturated rings. The van der Waals surface area contributed by atoms with E-state index in [9.17, 15) is 4.79 Å². The lowest BCUT2D eigenvalue weighted by Crippen LogP contribution is -2.43. The first-order chi connectivity index (χ1) is 16.5. The average Bonchev–Trinajstić information content (AvgIpc) is 2.68. The number of ether oxygens (including phenoxy) is 5. The van der Waals surface area contributed by atoms with Crippen molar-refractivity contribution in [2.24, 2.45) is 22.0 Å². The van der Waals surface area contributed by atoms with E-state index in [4.69, 9.17) is 29.4 Å². The Kier molecular flexibility index (Phi) is 15.1. The molecular formula is C29H58INO6. The largest absolute Gasteiger partial charge is 0.463 e. The Morgan fingerprint density at radius 2 is 1.38 bits per heavy atom. The van der Waals surface area contributed by atoms with Crippen LogP contribution in [0.25, 0.3) is 0 Å². The van der Waals surface area contributed by atoms with Crippen LogP contribution in [0, 0.1) is 16.2 Å². The lowest BCUT2D eigenvalue weighted by molar-refractivity contribution is -0.157. The van der Waals surface area contributed by atoms with Gasteiger partial charge in [-0.2, -0.15) is 0 Å². The van der Waals surface area contributed by atoms with Crippen molar-refractivity contribution < 1.29 is 28.5 Å². The van der Waals surface area contributed by atoms with Crippen molar-refractivity contribution in [2.45, 2.75) is 137 Å². The molecule has 222 valence electrons. The van der Waals surface area contributed by atoms with Gasteiger partial charge in [0, 0.05) is 12.0 Å². The van der Waals surface area contributed by atoms with Crippen molar-refractivity contribution in [1.82, 2.24) is 0 Å². The van der Waals surface area contributed by atoms with E-state index < -0.39 is 5.41 Å². The van der Waals surface area contributed by atoms with E-state index in [0.29, 0.717) is 19.8 Å². The van der Waals surface area contributed by atoms with Crippen LogP contribution >= 0.6 is 22.6 Å². The Morgan fingerprint density at radius 1 is 0.811 bits per heavy atom. The summed E-state index contributed by atoms with van der Waals surface area (Å²) in [6.07, 6.45) is 2.39. The van der Waals surface area contributed by atoms with Gasteiger partial charge < -0.3 is 29.4 Å². The number of hydrogen-bond donors (Lipinski definition) is 1. The smallest absolute Gasteiger partial charge is 0.311 e. The summed E-state index contributed by atoms with van der Waals surface area (Å²) in [6.45, 7) is 28.6. The summed E-state index contributed by atoms with van der Waals surface area (Å²) in [7, 11) is 0. The second-order valence-corrected chi connectivity index (χ2v) is 15.6. The van der Waals surface area contributed by atoms with E-state index in [-0.39, 0.29) is 51.1 Å². The standard InChI is InChI=1S/C29H58INO6/c1-21(37-22(2)26(7,8)14-16-33-23(3)31)20-27(9,10)29(13,30)36-17-15-28(11,12)35-19-18-34-24(32)25(4,5)6/h21-23H,14-20,31H2,1-13H3. The number of alkyl halides is 1. The second kappa shape index (κ2) is 15.1. The zero-order valence-electron chi connectivity index (χ0n) is 26.1. The van der Waals surface area contributed by atoms with Gasteiger partial charge in [0.25, 0.3) is 0 Å². The quantitative estimate of drug-likeness (QED) is 0.0573. The molecule has 0 aromatic carbocycles. The number of halogens is 1. The highest BCUT2D eigenvalue weighted by Gasteiger charge is 2.42. The van der Waals surface area contributed by atoms with E-state index in [1.807, 2.05) is 41.5 Å². The second-order valence-electron chi connectivity index (χ2n) is 13.5. The Balaban J connectivity index is 4.67. The zero-order valence-corrected chi connectivity index (χ0v) is 28.2. The van der Waals surface area contributed by atoms with Gasteiger partial charge in [-0.3, -0.25) is 4.79 Å². The van der Waals surface area contributed by atoms with Crippen LogP contribution in [0.1, 0.15) is 109 Å². The number of hydrogen-bond acceptors (Lipinski definition) is 7. The minimum absolute atomic E-state index is 0.0198. The van der Waals surface area contributed by atoms with Crippen LogP contribution in [0.3, 0.4) is 0 Å². The van der Waals surface area contributed by atoms with Gasteiger partial charge in [-0.15, -0.1) is 0 Å². The van der Waals surface area contributed by atoms with Gasteiger partial charge >= 0.3 is 5.97 Å². The Morgan fingerprint density at radius 3 is 1.89 bits per heavy atom. The highest BCUT2D eigenvalue weighted by molar-refractivity contribution is 14.1. The monoisotopic (exact) mass is 643 g/mol. The Hall–Kier alpha value is -0.000000000000000111. The average molecular weight is 644 g/mol. The predicted molar refractivity (Wildman–Crippen MR) is 160 cm³/mol. The first-order valence-corrected chi connectivity index (χ1v) is 14.8. The molecule has 0 amide bonds. The molecule has 0 radical (unpaired) electrons. The molecule has 37 heavy (non-hydrogen) atoms. The summed E-state index contributed by atoms with van der Waals surface area (Å²) in [5, 5.41) is 0. The molecule has 0 heterocycles. The van der Waals surface area contributed by atoms with Crippen molar-refractivity contribution in [3.8, 4) is 0 Å². The van der Waals surface area contributed by atoms with Gasteiger partial charge in [-0.1, -0.05) is 27.7 Å². The normalized spacial score (nSPS) is 17.7. The highest BCUT2D eigenvalue weighted by atomic mass is 127. The molecule has 4 unspecified atom stereocenters. The third-order valence-electron chi connectivity index (χ3n) is 7.17. The molecule has 0 rings (SSSR count). The third-order valence-corrected chi connectivity index (χ3v) is 8.94. The lowest BCUT2D eigenvalue weighted by atomic mass is 9.81. The van der Waals surface area contributed by atoms with Crippen molar-refractivity contribution in [1.29, 1.82) is 0 Å². The number of rotatable bonds is 18. The molecule has 0 bridgehead atoms. The molecule has 0 aliphatic carbocycles. The fourth-order valence-corrected chi connectivity index (χ4v) is 4.06. The lowest BCUT2D eigenvalue weighted by Gasteiger charge is -2.43. The molecule has 8 heteroatoms. The fourth-order valence-electron chi connectivity index (χ4n) is 3.62. The fraction of sp³-hybridized carbons (Fsp3) is 0.966. The van der Waals surface area contributed by atoms with E-state index in [1.54, 1.807) is 0 Å². The maximum atomic E-state index is 11.9. The summed E-state index contributed by atoms with van der Waals surface area (Å²) in [6, 6.07) is 0. The minimum atomic E-state index is -0.504. The van der Waals surface area contributed by atoms with Crippen molar-refractivity contribution in [3.05, 3.63) is 0 Å². The topological polar surface area (TPSA) is 89.2 Å². The Bertz CT molecular complexity index is 670. The molecule has 0 aliphatic rings. The highest BCUT2D eigenvalue weighted by Crippen LogP contribution is 2.44. The predicted octanol–water partition coefficient (Wildman–Crippen LogP) is 6.88. The summed E-state index contributed by atoms with van der Waals surface area (Å²) in [4.78, 5) is 11.9. The van der Waals surface area contributed by atoms with Crippen LogP contribution in [0.4, 0.5) is 0 Å². The molecule has 7 nitrogen and oxygen atoms in total. The zero-order chi connectivity index (χ0) is 29.3. The van der Waals surface area contributed by atoms with Crippen molar-refractivity contribution >= 4 is 28.6 Å². The molecule has 0 aromatic rings. The molecule has 0 saturated carbocycles. The number of esters is 1. The van der Waals surface area contributed by atoms with Crippen molar-refractivity contribution in [3.63, 3.8) is 0 Å². The number of nitrogens with two attached hydrogens (primary N) is 1. The van der Waals surface area contributed by atoms with Gasteiger partial charge in [-0.05, 0) is 110 Å². The molecule has 0 spiro atoms. The van der Waals surface area contributed by atoms with Crippen LogP contribution in [0.2, 0.25) is 0 Å². The van der Waals surface area contributed by atoms with Crippen LogP contribution in [-0.2, 0) is 28.5 Å². The molecule has 0 aromatic heterocycles. The van der Waals surface area contributed by atoms with Crippen LogP contribution in [0.5, 0.6) is 0 Å². The van der Waals surface area contributed by atoms with Crippen molar-refractivity contribution in [2.75, 3.05) is 26.4 Å². The maximum Gasteiger partial charge on any atom is 0.311 e. The summed E-state index contributed by atoms with van der Waals surface area (Å²) in [5.74, 6) is -0.216.